The van der Waals surface area contributed by atoms with Crippen molar-refractivity contribution in [2.24, 2.45) is 0 Å². The third-order valence-electron chi connectivity index (χ3n) is 5.69. The predicted octanol–water partition coefficient (Wildman–Crippen LogP) is 5.58. The van der Waals surface area contributed by atoms with Crippen LogP contribution in [-0.2, 0) is 16.2 Å². The highest BCUT2D eigenvalue weighted by atomic mass is 79.9. The standard InChI is InChI=1S/C27H20Br2N2O7/c1-2-35-22-10-16(20(29)12-24(22)36-13-15-3-5-17(28)6-4-15)9-19-25(32)30-27(34)31(26(19)33)18-7-8-21-23(11-18)38-14-37-21/h3-12H,2,13-14H2,1H3,(H,30,32,34)/b19-9+. The van der Waals surface area contributed by atoms with Crippen molar-refractivity contribution in [1.82, 2.24) is 5.32 Å². The van der Waals surface area contributed by atoms with Crippen molar-refractivity contribution >= 4 is 61.5 Å². The maximum atomic E-state index is 13.4. The van der Waals surface area contributed by atoms with Gasteiger partial charge >= 0.3 is 6.03 Å². The quantitative estimate of drug-likeness (QED) is 0.265. The molecule has 2 heterocycles. The van der Waals surface area contributed by atoms with Gasteiger partial charge in [0.1, 0.15) is 12.2 Å². The van der Waals surface area contributed by atoms with Gasteiger partial charge in [0.15, 0.2) is 23.0 Å². The summed E-state index contributed by atoms with van der Waals surface area (Å²) in [6, 6.07) is 14.9. The fourth-order valence-corrected chi connectivity index (χ4v) is 4.56. The lowest BCUT2D eigenvalue weighted by Crippen LogP contribution is -2.54. The molecule has 1 N–H and O–H groups in total. The second-order valence-corrected chi connectivity index (χ2v) is 9.93. The van der Waals surface area contributed by atoms with Crippen molar-refractivity contribution in [3.63, 3.8) is 0 Å². The summed E-state index contributed by atoms with van der Waals surface area (Å²) in [6.45, 7) is 2.57. The molecule has 2 aliphatic heterocycles. The number of imide groups is 2. The minimum absolute atomic E-state index is 0.0433. The first kappa shape index (κ1) is 25.8. The number of nitrogens with zero attached hydrogens (tertiary/aromatic N) is 1. The maximum Gasteiger partial charge on any atom is 0.335 e. The molecular weight excluding hydrogens is 624 g/mol. The van der Waals surface area contributed by atoms with E-state index in [0.717, 1.165) is 14.9 Å². The number of hydrogen-bond donors (Lipinski definition) is 1. The molecule has 5 rings (SSSR count). The summed E-state index contributed by atoms with van der Waals surface area (Å²) >= 11 is 6.92. The summed E-state index contributed by atoms with van der Waals surface area (Å²) < 4.78 is 23.9. The highest BCUT2D eigenvalue weighted by Crippen LogP contribution is 2.38. The number of barbiturate groups is 1. The van der Waals surface area contributed by atoms with Crippen LogP contribution in [0, 0.1) is 0 Å². The van der Waals surface area contributed by atoms with Gasteiger partial charge in [-0.05, 0) is 60.5 Å². The van der Waals surface area contributed by atoms with Crippen LogP contribution in [0.2, 0.25) is 0 Å². The fourth-order valence-electron chi connectivity index (χ4n) is 3.86. The van der Waals surface area contributed by atoms with Crippen molar-refractivity contribution in [1.29, 1.82) is 0 Å². The van der Waals surface area contributed by atoms with E-state index in [-0.39, 0.29) is 18.1 Å². The molecule has 1 fully saturated rings. The lowest BCUT2D eigenvalue weighted by Gasteiger charge is -2.26. The van der Waals surface area contributed by atoms with E-state index in [1.807, 2.05) is 31.2 Å². The van der Waals surface area contributed by atoms with Gasteiger partial charge in [0.05, 0.1) is 12.3 Å². The van der Waals surface area contributed by atoms with E-state index in [1.165, 1.54) is 12.1 Å². The molecule has 0 unspecified atom stereocenters. The monoisotopic (exact) mass is 642 g/mol. The first-order valence-corrected chi connectivity index (χ1v) is 13.1. The van der Waals surface area contributed by atoms with Crippen molar-refractivity contribution < 1.29 is 33.3 Å². The van der Waals surface area contributed by atoms with Gasteiger partial charge in [-0.1, -0.05) is 44.0 Å². The maximum absolute atomic E-state index is 13.4. The Labute approximate surface area is 234 Å². The van der Waals surface area contributed by atoms with Crippen LogP contribution in [0.4, 0.5) is 10.5 Å². The van der Waals surface area contributed by atoms with Crippen LogP contribution < -0.4 is 29.2 Å². The van der Waals surface area contributed by atoms with Gasteiger partial charge in [0.2, 0.25) is 6.79 Å². The Morgan fingerprint density at radius 1 is 0.947 bits per heavy atom. The van der Waals surface area contributed by atoms with E-state index < -0.39 is 17.8 Å². The molecule has 11 heteroatoms. The number of carbonyl (C=O) groups is 3. The third-order valence-corrected chi connectivity index (χ3v) is 6.90. The molecule has 0 aliphatic carbocycles. The van der Waals surface area contributed by atoms with E-state index in [4.69, 9.17) is 18.9 Å². The van der Waals surface area contributed by atoms with Crippen molar-refractivity contribution in [3.05, 3.63) is 80.2 Å². The molecule has 194 valence electrons. The van der Waals surface area contributed by atoms with Gasteiger partial charge in [0, 0.05) is 15.0 Å². The van der Waals surface area contributed by atoms with Crippen LogP contribution >= 0.6 is 31.9 Å². The van der Waals surface area contributed by atoms with E-state index >= 15 is 0 Å². The zero-order valence-electron chi connectivity index (χ0n) is 20.0. The van der Waals surface area contributed by atoms with Crippen molar-refractivity contribution in [3.8, 4) is 23.0 Å². The number of nitrogens with one attached hydrogen (secondary N) is 1. The van der Waals surface area contributed by atoms with E-state index in [2.05, 4.69) is 37.2 Å². The molecule has 0 spiro atoms. The predicted molar refractivity (Wildman–Crippen MR) is 145 cm³/mol. The van der Waals surface area contributed by atoms with Crippen LogP contribution in [-0.4, -0.2) is 31.2 Å². The number of carbonyl (C=O) groups excluding carboxylic acids is 3. The van der Waals surface area contributed by atoms with Crippen LogP contribution in [0.1, 0.15) is 18.1 Å². The molecule has 3 aromatic rings. The Morgan fingerprint density at radius 2 is 1.68 bits per heavy atom. The zero-order valence-corrected chi connectivity index (χ0v) is 23.1. The number of benzene rings is 3. The highest BCUT2D eigenvalue weighted by molar-refractivity contribution is 9.10. The van der Waals surface area contributed by atoms with Crippen LogP contribution in [0.5, 0.6) is 23.0 Å². The molecule has 0 radical (unpaired) electrons. The number of rotatable bonds is 7. The number of ether oxygens (including phenoxy) is 4. The third kappa shape index (κ3) is 5.25. The summed E-state index contributed by atoms with van der Waals surface area (Å²) in [5, 5.41) is 2.22. The minimum Gasteiger partial charge on any atom is -0.490 e. The molecular formula is C27H20Br2N2O7. The average Bonchev–Trinajstić information content (AvgIpc) is 3.36. The SMILES string of the molecule is CCOc1cc(/C=C2\C(=O)NC(=O)N(c3ccc4c(c3)OCO4)C2=O)c(Br)cc1OCc1ccc(Br)cc1. The summed E-state index contributed by atoms with van der Waals surface area (Å²) in [5.74, 6) is 0.233. The molecule has 38 heavy (non-hydrogen) atoms. The number of hydrogen-bond acceptors (Lipinski definition) is 7. The first-order valence-electron chi connectivity index (χ1n) is 11.5. The summed E-state index contributed by atoms with van der Waals surface area (Å²) in [6.07, 6.45) is 1.40. The summed E-state index contributed by atoms with van der Waals surface area (Å²) in [7, 11) is 0. The Bertz CT molecular complexity index is 1470. The smallest absolute Gasteiger partial charge is 0.335 e. The number of urea groups is 1. The molecule has 3 aromatic carbocycles. The Hall–Kier alpha value is -3.83. The van der Waals surface area contributed by atoms with E-state index in [0.29, 0.717) is 46.2 Å². The van der Waals surface area contributed by atoms with Crippen molar-refractivity contribution in [2.75, 3.05) is 18.3 Å². The number of amides is 4. The van der Waals surface area contributed by atoms with Crippen molar-refractivity contribution in [2.45, 2.75) is 13.5 Å². The molecule has 0 atom stereocenters. The average molecular weight is 644 g/mol. The first-order chi connectivity index (χ1) is 18.3. The lowest BCUT2D eigenvalue weighted by atomic mass is 10.1. The zero-order chi connectivity index (χ0) is 26.8. The largest absolute Gasteiger partial charge is 0.490 e. The molecule has 2 aliphatic rings. The van der Waals surface area contributed by atoms with Gasteiger partial charge in [-0.3, -0.25) is 14.9 Å². The number of halogens is 2. The molecule has 4 amide bonds. The molecule has 0 bridgehead atoms. The highest BCUT2D eigenvalue weighted by Gasteiger charge is 2.37. The molecule has 9 nitrogen and oxygen atoms in total. The summed E-state index contributed by atoms with van der Waals surface area (Å²) in [4.78, 5) is 39.5. The topological polar surface area (TPSA) is 103 Å². The van der Waals surface area contributed by atoms with Gasteiger partial charge in [0.25, 0.3) is 11.8 Å². The normalized spacial score (nSPS) is 15.6. The van der Waals surface area contributed by atoms with Crippen LogP contribution in [0.3, 0.4) is 0 Å². The molecule has 0 aromatic heterocycles. The van der Waals surface area contributed by atoms with Crippen LogP contribution in [0.25, 0.3) is 6.08 Å². The Kier molecular flexibility index (Phi) is 7.39. The fraction of sp³-hybridized carbons (Fsp3) is 0.148. The molecule has 0 saturated carbocycles. The van der Waals surface area contributed by atoms with Gasteiger partial charge in [-0.15, -0.1) is 0 Å². The number of fused-ring (bicyclic) bond motifs is 1. The van der Waals surface area contributed by atoms with E-state index in [9.17, 15) is 14.4 Å². The Morgan fingerprint density at radius 3 is 2.45 bits per heavy atom. The van der Waals surface area contributed by atoms with Crippen LogP contribution in [0.15, 0.2) is 69.1 Å². The van der Waals surface area contributed by atoms with E-state index in [1.54, 1.807) is 24.3 Å². The minimum atomic E-state index is -0.859. The number of anilines is 1. The lowest BCUT2D eigenvalue weighted by molar-refractivity contribution is -0.122. The molecule has 1 saturated heterocycles. The Balaban J connectivity index is 1.45. The van der Waals surface area contributed by atoms with Gasteiger partial charge in [-0.2, -0.15) is 0 Å². The second kappa shape index (κ2) is 10.9. The second-order valence-electron chi connectivity index (χ2n) is 8.16. The van der Waals surface area contributed by atoms with Gasteiger partial charge in [-0.25, -0.2) is 9.69 Å². The summed E-state index contributed by atoms with van der Waals surface area (Å²) in [5.41, 5.74) is 1.47. The van der Waals surface area contributed by atoms with Gasteiger partial charge < -0.3 is 18.9 Å².